The number of aliphatic carboxylic acids is 1. The molecule has 0 fully saturated rings. The summed E-state index contributed by atoms with van der Waals surface area (Å²) < 4.78 is 39.0. The number of rotatable bonds is 5. The van der Waals surface area contributed by atoms with Gasteiger partial charge in [0, 0.05) is 6.07 Å². The summed E-state index contributed by atoms with van der Waals surface area (Å²) in [5.41, 5.74) is 0.251. The van der Waals surface area contributed by atoms with Gasteiger partial charge < -0.3 is 10.4 Å². The average Bonchev–Trinajstić information content (AvgIpc) is 2.44. The van der Waals surface area contributed by atoms with Gasteiger partial charge in [-0.3, -0.25) is 4.79 Å². The van der Waals surface area contributed by atoms with Crippen molar-refractivity contribution in [2.24, 2.45) is 0 Å². The first-order chi connectivity index (χ1) is 10.8. The summed E-state index contributed by atoms with van der Waals surface area (Å²) in [6.07, 6.45) is -0.389. The number of halogens is 3. The van der Waals surface area contributed by atoms with E-state index in [0.717, 1.165) is 24.3 Å². The first-order valence-electron chi connectivity index (χ1n) is 6.58. The Hall–Kier alpha value is -2.83. The number of nitrogens with one attached hydrogen (secondary N) is 1. The van der Waals surface area contributed by atoms with Crippen molar-refractivity contribution in [3.63, 3.8) is 0 Å². The molecule has 0 heterocycles. The third-order valence-electron chi connectivity index (χ3n) is 3.04. The summed E-state index contributed by atoms with van der Waals surface area (Å²) in [7, 11) is 0. The monoisotopic (exact) mass is 323 g/mol. The summed E-state index contributed by atoms with van der Waals surface area (Å²) in [4.78, 5) is 23.1. The lowest BCUT2D eigenvalue weighted by Crippen LogP contribution is -2.34. The molecule has 0 saturated carbocycles. The van der Waals surface area contributed by atoms with Crippen LogP contribution in [0.2, 0.25) is 0 Å². The molecule has 0 aromatic heterocycles. The molecular weight excluding hydrogens is 311 g/mol. The van der Waals surface area contributed by atoms with Crippen LogP contribution in [0, 0.1) is 17.5 Å². The lowest BCUT2D eigenvalue weighted by molar-refractivity contribution is -0.142. The van der Waals surface area contributed by atoms with Crippen molar-refractivity contribution < 1.29 is 27.9 Å². The minimum atomic E-state index is -1.39. The molecule has 0 aliphatic carbocycles. The lowest BCUT2D eigenvalue weighted by Gasteiger charge is -2.15. The van der Waals surface area contributed by atoms with Crippen molar-refractivity contribution in [3.05, 3.63) is 71.0 Å². The van der Waals surface area contributed by atoms with Gasteiger partial charge in [0.2, 0.25) is 5.91 Å². The van der Waals surface area contributed by atoms with E-state index < -0.39 is 35.4 Å². The molecule has 0 saturated heterocycles. The Balaban J connectivity index is 2.12. The van der Waals surface area contributed by atoms with Crippen LogP contribution < -0.4 is 5.32 Å². The molecule has 2 N–H and O–H groups in total. The summed E-state index contributed by atoms with van der Waals surface area (Å²) >= 11 is 0. The summed E-state index contributed by atoms with van der Waals surface area (Å²) in [5.74, 6) is -4.27. The fourth-order valence-electron chi connectivity index (χ4n) is 2.05. The highest BCUT2D eigenvalue weighted by Crippen LogP contribution is 2.15. The number of benzene rings is 2. The molecule has 23 heavy (non-hydrogen) atoms. The van der Waals surface area contributed by atoms with Gasteiger partial charge in [-0.1, -0.05) is 12.1 Å². The molecule has 120 valence electrons. The number of carbonyl (C=O) groups excluding carboxylic acids is 1. The van der Waals surface area contributed by atoms with Crippen molar-refractivity contribution in [1.82, 2.24) is 5.32 Å². The van der Waals surface area contributed by atoms with Gasteiger partial charge in [0.1, 0.15) is 17.5 Å². The molecule has 0 aliphatic heterocycles. The van der Waals surface area contributed by atoms with Gasteiger partial charge in [0.25, 0.3) is 0 Å². The minimum absolute atomic E-state index is 0.0724. The van der Waals surface area contributed by atoms with Crippen LogP contribution in [0.15, 0.2) is 42.5 Å². The zero-order chi connectivity index (χ0) is 17.0. The number of carboxylic acids is 1. The first kappa shape index (κ1) is 16.5. The minimum Gasteiger partial charge on any atom is -0.479 e. The SMILES string of the molecule is O=C(Cc1cc(F)cc(F)c1)N[C@H](C(=O)O)c1ccc(F)cc1. The molecule has 2 rings (SSSR count). The number of hydrogen-bond donors (Lipinski definition) is 2. The Bertz CT molecular complexity index is 712. The van der Waals surface area contributed by atoms with Crippen LogP contribution in [-0.4, -0.2) is 17.0 Å². The van der Waals surface area contributed by atoms with E-state index in [1.165, 1.54) is 12.1 Å². The summed E-state index contributed by atoms with van der Waals surface area (Å²) in [6, 6.07) is 5.85. The van der Waals surface area contributed by atoms with Gasteiger partial charge in [0.05, 0.1) is 6.42 Å². The van der Waals surface area contributed by atoms with E-state index in [2.05, 4.69) is 5.32 Å². The molecule has 1 atom stereocenters. The van der Waals surface area contributed by atoms with E-state index in [1.54, 1.807) is 0 Å². The van der Waals surface area contributed by atoms with Crippen molar-refractivity contribution in [3.8, 4) is 0 Å². The number of hydrogen-bond acceptors (Lipinski definition) is 2. The van der Waals surface area contributed by atoms with Crippen molar-refractivity contribution in [2.75, 3.05) is 0 Å². The highest BCUT2D eigenvalue weighted by molar-refractivity contribution is 5.85. The Morgan fingerprint density at radius 1 is 0.957 bits per heavy atom. The van der Waals surface area contributed by atoms with Gasteiger partial charge in [-0.2, -0.15) is 0 Å². The summed E-state index contributed by atoms with van der Waals surface area (Å²) in [5, 5.41) is 11.4. The second-order valence-corrected chi connectivity index (χ2v) is 4.84. The second-order valence-electron chi connectivity index (χ2n) is 4.84. The smallest absolute Gasteiger partial charge is 0.330 e. The highest BCUT2D eigenvalue weighted by atomic mass is 19.1. The molecule has 0 unspecified atom stereocenters. The number of carboxylic acid groups (broad SMARTS) is 1. The van der Waals surface area contributed by atoms with E-state index in [9.17, 15) is 27.9 Å². The molecule has 2 aromatic rings. The third-order valence-corrected chi connectivity index (χ3v) is 3.04. The van der Waals surface area contributed by atoms with Gasteiger partial charge >= 0.3 is 5.97 Å². The topological polar surface area (TPSA) is 66.4 Å². The molecule has 7 heteroatoms. The fourth-order valence-corrected chi connectivity index (χ4v) is 2.05. The summed E-state index contributed by atoms with van der Waals surface area (Å²) in [6.45, 7) is 0. The van der Waals surface area contributed by atoms with Gasteiger partial charge in [-0.05, 0) is 35.4 Å². The Morgan fingerprint density at radius 3 is 2.04 bits per heavy atom. The predicted molar refractivity (Wildman–Crippen MR) is 75.0 cm³/mol. The van der Waals surface area contributed by atoms with Crippen LogP contribution in [-0.2, 0) is 16.0 Å². The van der Waals surface area contributed by atoms with E-state index in [0.29, 0.717) is 6.07 Å². The molecule has 0 bridgehead atoms. The maximum absolute atomic E-state index is 13.1. The van der Waals surface area contributed by atoms with Crippen molar-refractivity contribution >= 4 is 11.9 Å². The largest absolute Gasteiger partial charge is 0.479 e. The van der Waals surface area contributed by atoms with E-state index >= 15 is 0 Å². The molecule has 4 nitrogen and oxygen atoms in total. The third kappa shape index (κ3) is 4.57. The van der Waals surface area contributed by atoms with Gasteiger partial charge in [-0.25, -0.2) is 18.0 Å². The van der Waals surface area contributed by atoms with E-state index in [1.807, 2.05) is 0 Å². The number of carbonyl (C=O) groups is 2. The standard InChI is InChI=1S/C16H12F3NO3/c17-11-3-1-10(2-4-11)15(16(22)23)20-14(21)7-9-5-12(18)8-13(19)6-9/h1-6,8,15H,7H2,(H,20,21)(H,22,23)/t15-/m0/s1. The molecular formula is C16H12F3NO3. The molecule has 0 aliphatic rings. The second kappa shape index (κ2) is 6.95. The molecule has 2 aromatic carbocycles. The lowest BCUT2D eigenvalue weighted by atomic mass is 10.1. The zero-order valence-electron chi connectivity index (χ0n) is 11.7. The van der Waals surface area contributed by atoms with Crippen LogP contribution in [0.1, 0.15) is 17.2 Å². The maximum atomic E-state index is 13.1. The quantitative estimate of drug-likeness (QED) is 0.889. The van der Waals surface area contributed by atoms with Crippen molar-refractivity contribution in [2.45, 2.75) is 12.5 Å². The fraction of sp³-hybridized carbons (Fsp3) is 0.125. The van der Waals surface area contributed by atoms with Crippen molar-refractivity contribution in [1.29, 1.82) is 0 Å². The van der Waals surface area contributed by atoms with E-state index in [4.69, 9.17) is 0 Å². The molecule has 1 amide bonds. The predicted octanol–water partition coefficient (Wildman–Crippen LogP) is 2.59. The number of amides is 1. The first-order valence-corrected chi connectivity index (χ1v) is 6.58. The van der Waals surface area contributed by atoms with Crippen LogP contribution in [0.25, 0.3) is 0 Å². The molecule has 0 radical (unpaired) electrons. The normalized spacial score (nSPS) is 11.8. The Morgan fingerprint density at radius 2 is 1.52 bits per heavy atom. The van der Waals surface area contributed by atoms with E-state index in [-0.39, 0.29) is 17.5 Å². The highest BCUT2D eigenvalue weighted by Gasteiger charge is 2.22. The Labute approximate surface area is 129 Å². The van der Waals surface area contributed by atoms with Gasteiger partial charge in [-0.15, -0.1) is 0 Å². The van der Waals surface area contributed by atoms with Crippen LogP contribution in [0.4, 0.5) is 13.2 Å². The van der Waals surface area contributed by atoms with Crippen LogP contribution >= 0.6 is 0 Å². The van der Waals surface area contributed by atoms with Crippen LogP contribution in [0.3, 0.4) is 0 Å². The van der Waals surface area contributed by atoms with Crippen LogP contribution in [0.5, 0.6) is 0 Å². The zero-order valence-corrected chi connectivity index (χ0v) is 11.7. The maximum Gasteiger partial charge on any atom is 0.330 e. The van der Waals surface area contributed by atoms with Gasteiger partial charge in [0.15, 0.2) is 6.04 Å². The Kier molecular flexibility index (Phi) is 5.00. The average molecular weight is 323 g/mol. The molecule has 0 spiro atoms.